The Hall–Kier alpha value is -1.14. The van der Waals surface area contributed by atoms with Crippen LogP contribution < -0.4 is 5.32 Å². The highest BCUT2D eigenvalue weighted by molar-refractivity contribution is 9.10. The fourth-order valence-corrected chi connectivity index (χ4v) is 1.80. The lowest BCUT2D eigenvalue weighted by Gasteiger charge is -2.10. The quantitative estimate of drug-likeness (QED) is 0.615. The fraction of sp³-hybridized carbons (Fsp3) is 0.462. The van der Waals surface area contributed by atoms with Crippen LogP contribution in [-0.2, 0) is 14.3 Å². The van der Waals surface area contributed by atoms with Gasteiger partial charge >= 0.3 is 5.97 Å². The van der Waals surface area contributed by atoms with Crippen molar-refractivity contribution in [1.29, 1.82) is 0 Å². The number of anilines is 1. The van der Waals surface area contributed by atoms with E-state index in [1.807, 2.05) is 6.92 Å². The topological polar surface area (TPSA) is 47.6 Å². The number of esters is 1. The summed E-state index contributed by atoms with van der Waals surface area (Å²) in [6.45, 7) is 4.75. The van der Waals surface area contributed by atoms with Crippen molar-refractivity contribution in [3.8, 4) is 0 Å². The monoisotopic (exact) mass is 333 g/mol. The van der Waals surface area contributed by atoms with Crippen LogP contribution in [0.3, 0.4) is 0 Å². The van der Waals surface area contributed by atoms with Crippen LogP contribution in [0, 0.1) is 12.7 Å². The van der Waals surface area contributed by atoms with E-state index in [4.69, 9.17) is 9.47 Å². The molecule has 0 saturated heterocycles. The Balaban J connectivity index is 2.30. The van der Waals surface area contributed by atoms with E-state index in [1.54, 1.807) is 13.0 Å². The second-order valence-corrected chi connectivity index (χ2v) is 4.72. The third-order valence-electron chi connectivity index (χ3n) is 2.35. The summed E-state index contributed by atoms with van der Waals surface area (Å²) >= 11 is 3.13. The molecule has 0 saturated carbocycles. The molecule has 0 bridgehead atoms. The van der Waals surface area contributed by atoms with Crippen LogP contribution in [0.5, 0.6) is 0 Å². The van der Waals surface area contributed by atoms with Crippen molar-refractivity contribution in [1.82, 2.24) is 0 Å². The number of nitrogens with one attached hydrogen (secondary N) is 1. The van der Waals surface area contributed by atoms with E-state index in [1.165, 1.54) is 6.07 Å². The summed E-state index contributed by atoms with van der Waals surface area (Å²) in [5, 5.41) is 3.11. The largest absolute Gasteiger partial charge is 0.464 e. The first kappa shape index (κ1) is 15.9. The SMILES string of the molecule is CCOC(=O)COCCNc1cc(Br)c(F)cc1C. The second-order valence-electron chi connectivity index (χ2n) is 3.87. The van der Waals surface area contributed by atoms with Gasteiger partial charge in [-0.25, -0.2) is 9.18 Å². The van der Waals surface area contributed by atoms with Gasteiger partial charge in [-0.05, 0) is 47.5 Å². The first-order valence-electron chi connectivity index (χ1n) is 5.97. The molecule has 0 heterocycles. The molecule has 1 aromatic carbocycles. The van der Waals surface area contributed by atoms with Crippen LogP contribution in [0.1, 0.15) is 12.5 Å². The summed E-state index contributed by atoms with van der Waals surface area (Å²) in [4.78, 5) is 11.0. The number of halogens is 2. The van der Waals surface area contributed by atoms with Gasteiger partial charge in [0.15, 0.2) is 0 Å². The van der Waals surface area contributed by atoms with Crippen molar-refractivity contribution in [2.45, 2.75) is 13.8 Å². The Morgan fingerprint density at radius 3 is 2.89 bits per heavy atom. The van der Waals surface area contributed by atoms with Gasteiger partial charge < -0.3 is 14.8 Å². The molecule has 0 unspecified atom stereocenters. The number of carbonyl (C=O) groups excluding carboxylic acids is 1. The third-order valence-corrected chi connectivity index (χ3v) is 2.96. The van der Waals surface area contributed by atoms with E-state index in [0.29, 0.717) is 24.2 Å². The van der Waals surface area contributed by atoms with Gasteiger partial charge in [0.1, 0.15) is 12.4 Å². The van der Waals surface area contributed by atoms with Gasteiger partial charge in [-0.3, -0.25) is 0 Å². The van der Waals surface area contributed by atoms with Gasteiger partial charge in [-0.2, -0.15) is 0 Å². The van der Waals surface area contributed by atoms with Crippen molar-refractivity contribution < 1.29 is 18.7 Å². The number of hydrogen-bond donors (Lipinski definition) is 1. The molecule has 0 spiro atoms. The minimum absolute atomic E-state index is 0.0540. The number of ether oxygens (including phenoxy) is 2. The standard InChI is InChI=1S/C13H17BrFNO3/c1-3-19-13(17)8-18-5-4-16-12-7-10(14)11(15)6-9(12)2/h6-7,16H,3-5,8H2,1-2H3. The molecule has 1 rings (SSSR count). The Morgan fingerprint density at radius 1 is 1.47 bits per heavy atom. The molecular formula is C13H17BrFNO3. The lowest BCUT2D eigenvalue weighted by molar-refractivity contribution is -0.148. The van der Waals surface area contributed by atoms with Crippen LogP contribution in [0.15, 0.2) is 16.6 Å². The van der Waals surface area contributed by atoms with Crippen molar-refractivity contribution in [2.24, 2.45) is 0 Å². The van der Waals surface area contributed by atoms with Gasteiger partial charge in [0.25, 0.3) is 0 Å². The van der Waals surface area contributed by atoms with Gasteiger partial charge in [0.05, 0.1) is 17.7 Å². The van der Waals surface area contributed by atoms with Crippen molar-refractivity contribution >= 4 is 27.6 Å². The van der Waals surface area contributed by atoms with E-state index < -0.39 is 0 Å². The number of carbonyl (C=O) groups is 1. The molecule has 6 heteroatoms. The predicted octanol–water partition coefficient (Wildman–Crippen LogP) is 2.89. The summed E-state index contributed by atoms with van der Waals surface area (Å²) in [5.41, 5.74) is 1.64. The van der Waals surface area contributed by atoms with Crippen molar-refractivity contribution in [3.05, 3.63) is 28.0 Å². The summed E-state index contributed by atoms with van der Waals surface area (Å²) in [6, 6.07) is 3.13. The van der Waals surface area contributed by atoms with E-state index in [0.717, 1.165) is 11.3 Å². The summed E-state index contributed by atoms with van der Waals surface area (Å²) in [6.07, 6.45) is 0. The number of benzene rings is 1. The molecule has 0 aliphatic rings. The molecule has 4 nitrogen and oxygen atoms in total. The van der Waals surface area contributed by atoms with Crippen LogP contribution >= 0.6 is 15.9 Å². The van der Waals surface area contributed by atoms with Gasteiger partial charge in [0.2, 0.25) is 0 Å². The molecular weight excluding hydrogens is 317 g/mol. The first-order valence-corrected chi connectivity index (χ1v) is 6.76. The van der Waals surface area contributed by atoms with E-state index >= 15 is 0 Å². The summed E-state index contributed by atoms with van der Waals surface area (Å²) < 4.78 is 23.5. The molecule has 0 atom stereocenters. The molecule has 0 fully saturated rings. The fourth-order valence-electron chi connectivity index (χ4n) is 1.45. The molecule has 0 amide bonds. The van der Waals surface area contributed by atoms with E-state index in [9.17, 15) is 9.18 Å². The lowest BCUT2D eigenvalue weighted by Crippen LogP contribution is -2.16. The van der Waals surface area contributed by atoms with Crippen LogP contribution in [0.25, 0.3) is 0 Å². The maximum Gasteiger partial charge on any atom is 0.332 e. The van der Waals surface area contributed by atoms with E-state index in [-0.39, 0.29) is 18.4 Å². The Kier molecular flexibility index (Phi) is 6.80. The zero-order chi connectivity index (χ0) is 14.3. The zero-order valence-corrected chi connectivity index (χ0v) is 12.5. The van der Waals surface area contributed by atoms with Crippen LogP contribution in [0.2, 0.25) is 0 Å². The molecule has 1 aromatic rings. The molecule has 0 aliphatic carbocycles. The Labute approximate surface area is 120 Å². The summed E-state index contributed by atoms with van der Waals surface area (Å²) in [5.74, 6) is -0.662. The molecule has 0 aromatic heterocycles. The maximum absolute atomic E-state index is 13.2. The lowest BCUT2D eigenvalue weighted by atomic mass is 10.2. The number of aryl methyl sites for hydroxylation is 1. The summed E-state index contributed by atoms with van der Waals surface area (Å²) in [7, 11) is 0. The molecule has 0 radical (unpaired) electrons. The predicted molar refractivity (Wildman–Crippen MR) is 74.8 cm³/mol. The van der Waals surface area contributed by atoms with E-state index in [2.05, 4.69) is 21.2 Å². The first-order chi connectivity index (χ1) is 9.04. The highest BCUT2D eigenvalue weighted by atomic mass is 79.9. The minimum Gasteiger partial charge on any atom is -0.464 e. The van der Waals surface area contributed by atoms with Gasteiger partial charge in [0, 0.05) is 12.2 Å². The second kappa shape index (κ2) is 8.12. The molecule has 0 aliphatic heterocycles. The highest BCUT2D eigenvalue weighted by Gasteiger charge is 2.05. The zero-order valence-electron chi connectivity index (χ0n) is 11.0. The molecule has 106 valence electrons. The third kappa shape index (κ3) is 5.57. The van der Waals surface area contributed by atoms with Crippen LogP contribution in [0.4, 0.5) is 10.1 Å². The smallest absolute Gasteiger partial charge is 0.332 e. The average molecular weight is 334 g/mol. The average Bonchev–Trinajstić information content (AvgIpc) is 2.35. The normalized spacial score (nSPS) is 10.3. The molecule has 1 N–H and O–H groups in total. The number of hydrogen-bond acceptors (Lipinski definition) is 4. The number of rotatable bonds is 7. The van der Waals surface area contributed by atoms with Crippen molar-refractivity contribution in [3.63, 3.8) is 0 Å². The van der Waals surface area contributed by atoms with Gasteiger partial charge in [-0.1, -0.05) is 0 Å². The van der Waals surface area contributed by atoms with Crippen molar-refractivity contribution in [2.75, 3.05) is 31.7 Å². The molecule has 19 heavy (non-hydrogen) atoms. The van der Waals surface area contributed by atoms with Crippen LogP contribution in [-0.4, -0.2) is 32.3 Å². The minimum atomic E-state index is -0.372. The maximum atomic E-state index is 13.2. The van der Waals surface area contributed by atoms with Gasteiger partial charge in [-0.15, -0.1) is 0 Å². The Morgan fingerprint density at radius 2 is 2.21 bits per heavy atom. The highest BCUT2D eigenvalue weighted by Crippen LogP contribution is 2.23. The Bertz CT molecular complexity index is 440.